The first-order chi connectivity index (χ1) is 11.6. The van der Waals surface area contributed by atoms with Crippen LogP contribution in [-0.2, 0) is 0 Å². The molecule has 1 aliphatic heterocycles. The van der Waals surface area contributed by atoms with Crippen LogP contribution in [0.3, 0.4) is 0 Å². The summed E-state index contributed by atoms with van der Waals surface area (Å²) in [7, 11) is 0. The first-order valence-corrected chi connectivity index (χ1v) is 8.17. The second-order valence-corrected chi connectivity index (χ2v) is 6.02. The molecule has 0 unspecified atom stereocenters. The average molecular weight is 344 g/mol. The molecule has 1 N–H and O–H groups in total. The molecule has 0 radical (unpaired) electrons. The molecule has 0 aliphatic carbocycles. The van der Waals surface area contributed by atoms with Crippen LogP contribution in [0.2, 0.25) is 5.02 Å². The van der Waals surface area contributed by atoms with E-state index in [1.54, 1.807) is 34.1 Å². The van der Waals surface area contributed by atoms with Crippen molar-refractivity contribution in [3.8, 4) is 0 Å². The van der Waals surface area contributed by atoms with Crippen LogP contribution < -0.4 is 5.32 Å². The smallest absolute Gasteiger partial charge is 0.321 e. The number of benzene rings is 2. The van der Waals surface area contributed by atoms with Gasteiger partial charge in [-0.2, -0.15) is 0 Å². The van der Waals surface area contributed by atoms with E-state index in [0.29, 0.717) is 36.8 Å². The average Bonchev–Trinajstić information content (AvgIpc) is 2.63. The highest BCUT2D eigenvalue weighted by Crippen LogP contribution is 2.14. The van der Waals surface area contributed by atoms with Crippen molar-refractivity contribution >= 4 is 29.2 Å². The Morgan fingerprint density at radius 3 is 2.04 bits per heavy atom. The minimum absolute atomic E-state index is 0.0326. The van der Waals surface area contributed by atoms with Crippen LogP contribution in [0.1, 0.15) is 10.4 Å². The standard InChI is InChI=1S/C18H18ClN3O2/c19-15-8-6-14(7-9-15)17(23)21-10-12-22(13-11-21)18(24)20-16-4-2-1-3-5-16/h1-9H,10-13H2,(H,20,24). The van der Waals surface area contributed by atoms with Gasteiger partial charge in [-0.25, -0.2) is 4.79 Å². The predicted octanol–water partition coefficient (Wildman–Crippen LogP) is 3.33. The van der Waals surface area contributed by atoms with Crippen molar-refractivity contribution in [2.75, 3.05) is 31.5 Å². The predicted molar refractivity (Wildman–Crippen MR) is 94.4 cm³/mol. The molecule has 1 heterocycles. The molecule has 0 spiro atoms. The Kier molecular flexibility index (Phi) is 5.01. The number of urea groups is 1. The van der Waals surface area contributed by atoms with Crippen LogP contribution in [-0.4, -0.2) is 47.9 Å². The zero-order chi connectivity index (χ0) is 16.9. The van der Waals surface area contributed by atoms with Gasteiger partial charge in [-0.3, -0.25) is 4.79 Å². The number of amides is 3. The van der Waals surface area contributed by atoms with Gasteiger partial charge in [0.1, 0.15) is 0 Å². The third kappa shape index (κ3) is 3.86. The molecule has 0 saturated carbocycles. The Hall–Kier alpha value is -2.53. The van der Waals surface area contributed by atoms with Gasteiger partial charge in [-0.1, -0.05) is 29.8 Å². The molecule has 0 bridgehead atoms. The first kappa shape index (κ1) is 16.3. The van der Waals surface area contributed by atoms with Crippen LogP contribution >= 0.6 is 11.6 Å². The van der Waals surface area contributed by atoms with E-state index in [4.69, 9.17) is 11.6 Å². The number of nitrogens with zero attached hydrogens (tertiary/aromatic N) is 2. The third-order valence-corrected chi connectivity index (χ3v) is 4.22. The summed E-state index contributed by atoms with van der Waals surface area (Å²) < 4.78 is 0. The van der Waals surface area contributed by atoms with E-state index in [9.17, 15) is 9.59 Å². The Bertz CT molecular complexity index is 711. The fourth-order valence-corrected chi connectivity index (χ4v) is 2.74. The highest BCUT2D eigenvalue weighted by Gasteiger charge is 2.24. The summed E-state index contributed by atoms with van der Waals surface area (Å²) in [5.74, 6) is -0.0326. The molecule has 6 heteroatoms. The van der Waals surface area contributed by atoms with E-state index in [2.05, 4.69) is 5.32 Å². The number of hydrogen-bond acceptors (Lipinski definition) is 2. The van der Waals surface area contributed by atoms with Crippen molar-refractivity contribution in [3.05, 3.63) is 65.2 Å². The molecule has 0 aromatic heterocycles. The molecule has 2 aromatic rings. The van der Waals surface area contributed by atoms with Gasteiger partial charge in [0, 0.05) is 42.5 Å². The zero-order valence-corrected chi connectivity index (χ0v) is 13.9. The number of hydrogen-bond donors (Lipinski definition) is 1. The minimum Gasteiger partial charge on any atom is -0.335 e. The monoisotopic (exact) mass is 343 g/mol. The summed E-state index contributed by atoms with van der Waals surface area (Å²) in [6.07, 6.45) is 0. The van der Waals surface area contributed by atoms with Crippen LogP contribution in [0.5, 0.6) is 0 Å². The summed E-state index contributed by atoms with van der Waals surface area (Å²) in [5, 5.41) is 3.47. The Morgan fingerprint density at radius 1 is 0.833 bits per heavy atom. The van der Waals surface area contributed by atoms with E-state index in [-0.39, 0.29) is 11.9 Å². The molecule has 2 aromatic carbocycles. The van der Waals surface area contributed by atoms with Gasteiger partial charge in [-0.05, 0) is 36.4 Å². The number of rotatable bonds is 2. The zero-order valence-electron chi connectivity index (χ0n) is 13.1. The largest absolute Gasteiger partial charge is 0.335 e. The summed E-state index contributed by atoms with van der Waals surface area (Å²) in [6, 6.07) is 16.1. The van der Waals surface area contributed by atoms with Crippen molar-refractivity contribution in [2.24, 2.45) is 0 Å². The summed E-state index contributed by atoms with van der Waals surface area (Å²) in [6.45, 7) is 2.06. The third-order valence-electron chi connectivity index (χ3n) is 3.97. The van der Waals surface area contributed by atoms with E-state index in [0.717, 1.165) is 5.69 Å². The van der Waals surface area contributed by atoms with Gasteiger partial charge in [0.25, 0.3) is 5.91 Å². The van der Waals surface area contributed by atoms with E-state index < -0.39 is 0 Å². The van der Waals surface area contributed by atoms with Crippen molar-refractivity contribution in [1.29, 1.82) is 0 Å². The topological polar surface area (TPSA) is 52.7 Å². The van der Waals surface area contributed by atoms with Crippen molar-refractivity contribution in [3.63, 3.8) is 0 Å². The maximum atomic E-state index is 12.4. The maximum Gasteiger partial charge on any atom is 0.321 e. The number of halogens is 1. The van der Waals surface area contributed by atoms with Crippen molar-refractivity contribution in [1.82, 2.24) is 9.80 Å². The normalized spacial score (nSPS) is 14.4. The summed E-state index contributed by atoms with van der Waals surface area (Å²) in [4.78, 5) is 28.2. The summed E-state index contributed by atoms with van der Waals surface area (Å²) >= 11 is 5.85. The molecule has 3 amide bonds. The lowest BCUT2D eigenvalue weighted by Gasteiger charge is -2.34. The van der Waals surface area contributed by atoms with Crippen LogP contribution in [0.25, 0.3) is 0 Å². The van der Waals surface area contributed by atoms with Gasteiger partial charge >= 0.3 is 6.03 Å². The van der Waals surface area contributed by atoms with E-state index in [1.165, 1.54) is 0 Å². The van der Waals surface area contributed by atoms with Crippen molar-refractivity contribution < 1.29 is 9.59 Å². The number of piperazine rings is 1. The SMILES string of the molecule is O=C(Nc1ccccc1)N1CCN(C(=O)c2ccc(Cl)cc2)CC1. The summed E-state index contributed by atoms with van der Waals surface area (Å²) in [5.41, 5.74) is 1.38. The first-order valence-electron chi connectivity index (χ1n) is 7.79. The van der Waals surface area contributed by atoms with Gasteiger partial charge in [0.05, 0.1) is 0 Å². The lowest BCUT2D eigenvalue weighted by Crippen LogP contribution is -2.51. The molecular weight excluding hydrogens is 326 g/mol. The molecule has 3 rings (SSSR count). The molecule has 24 heavy (non-hydrogen) atoms. The fraction of sp³-hybridized carbons (Fsp3) is 0.222. The molecule has 0 atom stereocenters. The highest BCUT2D eigenvalue weighted by molar-refractivity contribution is 6.30. The number of anilines is 1. The van der Waals surface area contributed by atoms with Gasteiger partial charge in [0.2, 0.25) is 0 Å². The van der Waals surface area contributed by atoms with E-state index >= 15 is 0 Å². The van der Waals surface area contributed by atoms with E-state index in [1.807, 2.05) is 30.3 Å². The van der Waals surface area contributed by atoms with Gasteiger partial charge in [-0.15, -0.1) is 0 Å². The molecule has 1 saturated heterocycles. The lowest BCUT2D eigenvalue weighted by atomic mass is 10.2. The Morgan fingerprint density at radius 2 is 1.42 bits per heavy atom. The number of carbonyl (C=O) groups is 2. The molecule has 1 aliphatic rings. The van der Waals surface area contributed by atoms with Crippen LogP contribution in [0, 0.1) is 0 Å². The van der Waals surface area contributed by atoms with Crippen LogP contribution in [0.4, 0.5) is 10.5 Å². The Balaban J connectivity index is 1.54. The van der Waals surface area contributed by atoms with Crippen molar-refractivity contribution in [2.45, 2.75) is 0 Å². The Labute approximate surface area is 145 Å². The quantitative estimate of drug-likeness (QED) is 0.909. The molecule has 1 fully saturated rings. The molecule has 124 valence electrons. The lowest BCUT2D eigenvalue weighted by molar-refractivity contribution is 0.0671. The minimum atomic E-state index is -0.139. The molecular formula is C18H18ClN3O2. The fourth-order valence-electron chi connectivity index (χ4n) is 2.61. The number of carbonyl (C=O) groups excluding carboxylic acids is 2. The second-order valence-electron chi connectivity index (χ2n) is 5.58. The second kappa shape index (κ2) is 7.36. The molecule has 5 nitrogen and oxygen atoms in total. The number of nitrogens with one attached hydrogen (secondary N) is 1. The maximum absolute atomic E-state index is 12.4. The van der Waals surface area contributed by atoms with Crippen LogP contribution in [0.15, 0.2) is 54.6 Å². The van der Waals surface area contributed by atoms with Gasteiger partial charge < -0.3 is 15.1 Å². The van der Waals surface area contributed by atoms with Gasteiger partial charge in [0.15, 0.2) is 0 Å². The highest BCUT2D eigenvalue weighted by atomic mass is 35.5. The number of para-hydroxylation sites is 1.